The van der Waals surface area contributed by atoms with Crippen LogP contribution in [-0.4, -0.2) is 17.6 Å². The van der Waals surface area contributed by atoms with E-state index in [1.165, 1.54) is 0 Å². The molecule has 0 saturated heterocycles. The topological polar surface area (TPSA) is 35.2 Å². The zero-order chi connectivity index (χ0) is 12.7. The summed E-state index contributed by atoms with van der Waals surface area (Å²) in [7, 11) is 0. The van der Waals surface area contributed by atoms with Crippen LogP contribution in [0.4, 0.5) is 0 Å². The molecule has 1 unspecified atom stereocenters. The maximum absolute atomic E-state index is 5.67. The number of thioether (sulfide) groups is 1. The predicted molar refractivity (Wildman–Crippen MR) is 76.6 cm³/mol. The van der Waals surface area contributed by atoms with Crippen LogP contribution in [-0.2, 0) is 6.54 Å². The minimum absolute atomic E-state index is 0.585. The van der Waals surface area contributed by atoms with Crippen LogP contribution in [0.3, 0.4) is 0 Å². The van der Waals surface area contributed by atoms with E-state index in [-0.39, 0.29) is 0 Å². The summed E-state index contributed by atoms with van der Waals surface area (Å²) in [5.41, 5.74) is 6.68. The van der Waals surface area contributed by atoms with Gasteiger partial charge in [-0.15, -0.1) is 0 Å². The van der Waals surface area contributed by atoms with Gasteiger partial charge in [-0.1, -0.05) is 32.9 Å². The largest absolute Gasteiger partial charge is 0.493 e. The Morgan fingerprint density at radius 2 is 1.82 bits per heavy atom. The SMILES string of the molecule is CC(C)C(C)SCCOc1ccc(CN)cc1. The van der Waals surface area contributed by atoms with E-state index in [4.69, 9.17) is 10.5 Å². The van der Waals surface area contributed by atoms with Crippen molar-refractivity contribution in [3.63, 3.8) is 0 Å². The van der Waals surface area contributed by atoms with Crippen LogP contribution in [0.1, 0.15) is 26.3 Å². The average molecular weight is 253 g/mol. The van der Waals surface area contributed by atoms with E-state index in [9.17, 15) is 0 Å². The Hall–Kier alpha value is -0.670. The quantitative estimate of drug-likeness (QED) is 0.757. The Kier molecular flexibility index (Phi) is 6.45. The molecule has 0 heterocycles. The number of ether oxygens (including phenoxy) is 1. The third-order valence-corrected chi connectivity index (χ3v) is 4.30. The number of rotatable bonds is 7. The number of benzene rings is 1. The van der Waals surface area contributed by atoms with Gasteiger partial charge in [0.15, 0.2) is 0 Å². The maximum Gasteiger partial charge on any atom is 0.119 e. The summed E-state index contributed by atoms with van der Waals surface area (Å²) in [5, 5.41) is 0.693. The number of hydrogen-bond donors (Lipinski definition) is 1. The second kappa shape index (κ2) is 7.62. The average Bonchev–Trinajstić information content (AvgIpc) is 2.35. The van der Waals surface area contributed by atoms with Gasteiger partial charge in [-0.25, -0.2) is 0 Å². The van der Waals surface area contributed by atoms with Gasteiger partial charge in [-0.05, 0) is 23.6 Å². The van der Waals surface area contributed by atoms with Gasteiger partial charge >= 0.3 is 0 Å². The van der Waals surface area contributed by atoms with Crippen molar-refractivity contribution in [3.8, 4) is 5.75 Å². The van der Waals surface area contributed by atoms with Gasteiger partial charge < -0.3 is 10.5 Å². The van der Waals surface area contributed by atoms with Gasteiger partial charge in [-0.3, -0.25) is 0 Å². The Bertz CT molecular complexity index is 311. The van der Waals surface area contributed by atoms with Gasteiger partial charge in [0.1, 0.15) is 5.75 Å². The number of nitrogens with two attached hydrogens (primary N) is 1. The highest BCUT2D eigenvalue weighted by Gasteiger charge is 2.06. The van der Waals surface area contributed by atoms with Gasteiger partial charge in [0.2, 0.25) is 0 Å². The van der Waals surface area contributed by atoms with Crippen molar-refractivity contribution in [1.29, 1.82) is 0 Å². The molecule has 0 fully saturated rings. The molecule has 0 spiro atoms. The lowest BCUT2D eigenvalue weighted by molar-refractivity contribution is 0.343. The lowest BCUT2D eigenvalue weighted by Crippen LogP contribution is -2.09. The molecule has 17 heavy (non-hydrogen) atoms. The zero-order valence-electron chi connectivity index (χ0n) is 11.0. The molecular weight excluding hydrogens is 230 g/mol. The molecule has 0 saturated carbocycles. The van der Waals surface area contributed by atoms with E-state index in [1.54, 1.807) is 0 Å². The Morgan fingerprint density at radius 3 is 2.35 bits per heavy atom. The first-order valence-corrected chi connectivity index (χ1v) is 7.21. The summed E-state index contributed by atoms with van der Waals surface area (Å²) >= 11 is 1.97. The van der Waals surface area contributed by atoms with Crippen LogP contribution in [0.15, 0.2) is 24.3 Å². The number of hydrogen-bond acceptors (Lipinski definition) is 3. The van der Waals surface area contributed by atoms with Crippen LogP contribution in [0.25, 0.3) is 0 Å². The van der Waals surface area contributed by atoms with Crippen molar-refractivity contribution in [1.82, 2.24) is 0 Å². The first-order chi connectivity index (χ1) is 8.13. The summed E-state index contributed by atoms with van der Waals surface area (Å²) in [6, 6.07) is 8.00. The van der Waals surface area contributed by atoms with Gasteiger partial charge in [0.05, 0.1) is 6.61 Å². The minimum atomic E-state index is 0.585. The van der Waals surface area contributed by atoms with Crippen LogP contribution in [0.2, 0.25) is 0 Å². The third kappa shape index (κ3) is 5.46. The van der Waals surface area contributed by atoms with Crippen molar-refractivity contribution in [3.05, 3.63) is 29.8 Å². The molecule has 0 bridgehead atoms. The molecule has 0 aliphatic rings. The Labute approximate surface area is 109 Å². The standard InChI is InChI=1S/C14H23NOS/c1-11(2)12(3)17-9-8-16-14-6-4-13(10-15)5-7-14/h4-7,11-12H,8-10,15H2,1-3H3. The van der Waals surface area contributed by atoms with E-state index >= 15 is 0 Å². The first kappa shape index (κ1) is 14.4. The molecule has 0 aromatic heterocycles. The van der Waals surface area contributed by atoms with Crippen molar-refractivity contribution in [2.45, 2.75) is 32.6 Å². The monoisotopic (exact) mass is 253 g/mol. The predicted octanol–water partition coefficient (Wildman–Crippen LogP) is 3.30. The van der Waals surface area contributed by atoms with Crippen LogP contribution < -0.4 is 10.5 Å². The minimum Gasteiger partial charge on any atom is -0.493 e. The summed E-state index contributed by atoms with van der Waals surface area (Å²) in [6.07, 6.45) is 0. The lowest BCUT2D eigenvalue weighted by Gasteiger charge is -2.15. The van der Waals surface area contributed by atoms with Crippen molar-refractivity contribution >= 4 is 11.8 Å². The molecule has 3 heteroatoms. The van der Waals surface area contributed by atoms with Crippen LogP contribution >= 0.6 is 11.8 Å². The molecule has 0 amide bonds. The highest BCUT2D eigenvalue weighted by atomic mass is 32.2. The molecule has 0 aliphatic carbocycles. The fourth-order valence-electron chi connectivity index (χ4n) is 1.31. The lowest BCUT2D eigenvalue weighted by atomic mass is 10.2. The molecule has 0 radical (unpaired) electrons. The molecule has 96 valence electrons. The Balaban J connectivity index is 2.22. The normalized spacial score (nSPS) is 12.8. The van der Waals surface area contributed by atoms with E-state index in [0.29, 0.717) is 11.8 Å². The van der Waals surface area contributed by atoms with E-state index in [0.717, 1.165) is 29.6 Å². The third-order valence-electron chi connectivity index (χ3n) is 2.83. The maximum atomic E-state index is 5.67. The molecule has 2 nitrogen and oxygen atoms in total. The zero-order valence-corrected chi connectivity index (χ0v) is 11.8. The van der Waals surface area contributed by atoms with Crippen LogP contribution in [0.5, 0.6) is 5.75 Å². The van der Waals surface area contributed by atoms with E-state index in [1.807, 2.05) is 36.0 Å². The highest BCUT2D eigenvalue weighted by molar-refractivity contribution is 7.99. The summed E-state index contributed by atoms with van der Waals surface area (Å²) in [4.78, 5) is 0. The molecular formula is C14H23NOS. The second-order valence-corrected chi connectivity index (χ2v) is 6.00. The molecule has 1 aromatic rings. The van der Waals surface area contributed by atoms with E-state index in [2.05, 4.69) is 20.8 Å². The highest BCUT2D eigenvalue weighted by Crippen LogP contribution is 2.19. The summed E-state index contributed by atoms with van der Waals surface area (Å²) in [5.74, 6) is 2.70. The smallest absolute Gasteiger partial charge is 0.119 e. The van der Waals surface area contributed by atoms with Gasteiger partial charge in [0.25, 0.3) is 0 Å². The second-order valence-electron chi connectivity index (χ2n) is 4.52. The molecule has 0 aliphatic heterocycles. The first-order valence-electron chi connectivity index (χ1n) is 6.17. The fraction of sp³-hybridized carbons (Fsp3) is 0.571. The fourth-order valence-corrected chi connectivity index (χ4v) is 2.24. The summed E-state index contributed by atoms with van der Waals surface area (Å²) < 4.78 is 5.67. The molecule has 1 rings (SSSR count). The Morgan fingerprint density at radius 1 is 1.18 bits per heavy atom. The summed E-state index contributed by atoms with van der Waals surface area (Å²) in [6.45, 7) is 8.13. The van der Waals surface area contributed by atoms with E-state index < -0.39 is 0 Å². The molecule has 1 aromatic carbocycles. The molecule has 2 N–H and O–H groups in total. The van der Waals surface area contributed by atoms with Crippen LogP contribution in [0, 0.1) is 5.92 Å². The van der Waals surface area contributed by atoms with Gasteiger partial charge in [-0.2, -0.15) is 11.8 Å². The van der Waals surface area contributed by atoms with Crippen molar-refractivity contribution in [2.24, 2.45) is 11.7 Å². The molecule has 1 atom stereocenters. The van der Waals surface area contributed by atoms with Gasteiger partial charge in [0, 0.05) is 17.5 Å². The van der Waals surface area contributed by atoms with Crippen molar-refractivity contribution < 1.29 is 4.74 Å². The van der Waals surface area contributed by atoms with Crippen molar-refractivity contribution in [2.75, 3.05) is 12.4 Å².